The van der Waals surface area contributed by atoms with Crippen molar-refractivity contribution in [3.63, 3.8) is 0 Å². The molecule has 0 fully saturated rings. The molecule has 0 nitrogen and oxygen atoms in total. The van der Waals surface area contributed by atoms with Crippen molar-refractivity contribution in [2.45, 2.75) is 60.0 Å². The molecule has 3 aromatic rings. The lowest BCUT2D eigenvalue weighted by Gasteiger charge is -2.10. The predicted molar refractivity (Wildman–Crippen MR) is 152 cm³/mol. The molecule has 0 aliphatic heterocycles. The van der Waals surface area contributed by atoms with Crippen LogP contribution in [0.3, 0.4) is 0 Å². The minimum absolute atomic E-state index is 0.988. The Labute approximate surface area is 193 Å². The van der Waals surface area contributed by atoms with Crippen molar-refractivity contribution in [2.24, 2.45) is 0 Å². The second-order valence-electron chi connectivity index (χ2n) is 5.93. The van der Waals surface area contributed by atoms with E-state index in [2.05, 4.69) is 94.4 Å². The zero-order valence-corrected chi connectivity index (χ0v) is 23.2. The Balaban J connectivity index is 0.00000129. The molecule has 0 aromatic heterocycles. The van der Waals surface area contributed by atoms with E-state index in [4.69, 9.17) is 0 Å². The summed E-state index contributed by atoms with van der Waals surface area (Å²) in [6.45, 7) is 12.0. The first-order chi connectivity index (χ1) is 14.7. The van der Waals surface area contributed by atoms with Crippen molar-refractivity contribution in [1.82, 2.24) is 0 Å². The van der Waals surface area contributed by atoms with E-state index in [-0.39, 0.29) is 0 Å². The molecule has 0 spiro atoms. The summed E-state index contributed by atoms with van der Waals surface area (Å²) in [6, 6.07) is 24.6. The molecule has 0 heterocycles. The SMILES string of the molecule is CC.CC.CC.PCc1ccc(-c2cccc(-c3cc(CP)cc(CP)c3)c2)cc1. The highest BCUT2D eigenvalue weighted by atomic mass is 31.0. The lowest BCUT2D eigenvalue weighted by Crippen LogP contribution is -1.88. The zero-order chi connectivity index (χ0) is 22.9. The summed E-state index contributed by atoms with van der Waals surface area (Å²) >= 11 is 0. The maximum atomic E-state index is 2.82. The van der Waals surface area contributed by atoms with E-state index < -0.39 is 0 Å². The predicted octanol–water partition coefficient (Wildman–Crippen LogP) is 9.22. The molecule has 3 atom stereocenters. The van der Waals surface area contributed by atoms with E-state index in [9.17, 15) is 0 Å². The van der Waals surface area contributed by atoms with Gasteiger partial charge in [0.05, 0.1) is 0 Å². The molecule has 0 aliphatic rings. The molecule has 0 aliphatic carbocycles. The van der Waals surface area contributed by atoms with Crippen molar-refractivity contribution in [2.75, 3.05) is 0 Å². The van der Waals surface area contributed by atoms with Crippen LogP contribution in [0.5, 0.6) is 0 Å². The van der Waals surface area contributed by atoms with Gasteiger partial charge in [-0.25, -0.2) is 0 Å². The third-order valence-corrected chi connectivity index (χ3v) is 5.66. The van der Waals surface area contributed by atoms with E-state index in [1.54, 1.807) is 0 Å². The second-order valence-corrected chi connectivity index (χ2v) is 7.15. The summed E-state index contributed by atoms with van der Waals surface area (Å²) in [5, 5.41) is 0. The van der Waals surface area contributed by atoms with Crippen LogP contribution in [0.25, 0.3) is 22.3 Å². The van der Waals surface area contributed by atoms with Gasteiger partial charge in [0, 0.05) is 0 Å². The molecule has 0 saturated carbocycles. The maximum Gasteiger partial charge on any atom is -0.0128 e. The van der Waals surface area contributed by atoms with Gasteiger partial charge in [-0.15, -0.1) is 27.7 Å². The van der Waals surface area contributed by atoms with Crippen LogP contribution in [0.15, 0.2) is 66.7 Å². The van der Waals surface area contributed by atoms with Gasteiger partial charge >= 0.3 is 0 Å². The number of hydrogen-bond donors (Lipinski definition) is 0. The average molecular weight is 459 g/mol. The average Bonchev–Trinajstić information content (AvgIpc) is 2.87. The summed E-state index contributed by atoms with van der Waals surface area (Å²) < 4.78 is 0. The van der Waals surface area contributed by atoms with Crippen LogP contribution < -0.4 is 0 Å². The molecule has 3 heteroatoms. The van der Waals surface area contributed by atoms with Crippen molar-refractivity contribution >= 4 is 27.7 Å². The zero-order valence-electron chi connectivity index (χ0n) is 19.7. The van der Waals surface area contributed by atoms with E-state index >= 15 is 0 Å². The molecular formula is C27H41P3. The Morgan fingerprint density at radius 1 is 0.433 bits per heavy atom. The molecular weight excluding hydrogens is 417 g/mol. The van der Waals surface area contributed by atoms with Crippen LogP contribution in [0.4, 0.5) is 0 Å². The summed E-state index contributed by atoms with van der Waals surface area (Å²) in [4.78, 5) is 0. The van der Waals surface area contributed by atoms with E-state index in [0.717, 1.165) is 18.5 Å². The molecule has 0 bridgehead atoms. The minimum atomic E-state index is 0.988. The van der Waals surface area contributed by atoms with Gasteiger partial charge in [0.1, 0.15) is 0 Å². The topological polar surface area (TPSA) is 0 Å². The highest BCUT2D eigenvalue weighted by molar-refractivity contribution is 7.15. The second kappa shape index (κ2) is 17.6. The third-order valence-electron chi connectivity index (χ3n) is 4.24. The molecule has 30 heavy (non-hydrogen) atoms. The van der Waals surface area contributed by atoms with Gasteiger partial charge in [0.2, 0.25) is 0 Å². The summed E-state index contributed by atoms with van der Waals surface area (Å²) in [6.07, 6.45) is 2.98. The lowest BCUT2D eigenvalue weighted by molar-refractivity contribution is 1.33. The van der Waals surface area contributed by atoms with Gasteiger partial charge in [-0.3, -0.25) is 0 Å². The highest BCUT2D eigenvalue weighted by Crippen LogP contribution is 2.29. The first kappa shape index (κ1) is 28.9. The quantitative estimate of drug-likeness (QED) is 0.334. The van der Waals surface area contributed by atoms with Gasteiger partial charge < -0.3 is 0 Å². The minimum Gasteiger partial charge on any atom is -0.133 e. The Kier molecular flexibility index (Phi) is 17.0. The van der Waals surface area contributed by atoms with E-state index in [1.807, 2.05) is 41.5 Å². The Bertz CT molecular complexity index is 802. The van der Waals surface area contributed by atoms with Crippen molar-refractivity contribution in [3.8, 4) is 22.3 Å². The van der Waals surface area contributed by atoms with Crippen molar-refractivity contribution in [3.05, 3.63) is 83.4 Å². The first-order valence-electron chi connectivity index (χ1n) is 11.2. The van der Waals surface area contributed by atoms with Crippen molar-refractivity contribution < 1.29 is 0 Å². The molecule has 0 amide bonds. The van der Waals surface area contributed by atoms with Crippen LogP contribution in [0.2, 0.25) is 0 Å². The van der Waals surface area contributed by atoms with Gasteiger partial charge in [-0.05, 0) is 63.5 Å². The summed E-state index contributed by atoms with van der Waals surface area (Å²) in [5.41, 5.74) is 9.20. The number of benzene rings is 3. The highest BCUT2D eigenvalue weighted by Gasteiger charge is 2.05. The summed E-state index contributed by atoms with van der Waals surface area (Å²) in [5.74, 6) is 0. The molecule has 3 rings (SSSR count). The van der Waals surface area contributed by atoms with Crippen LogP contribution >= 0.6 is 27.7 Å². The lowest BCUT2D eigenvalue weighted by atomic mass is 9.96. The smallest absolute Gasteiger partial charge is 0.0128 e. The number of hydrogen-bond acceptors (Lipinski definition) is 0. The molecule has 0 saturated heterocycles. The molecule has 0 N–H and O–H groups in total. The Morgan fingerprint density at radius 2 is 0.867 bits per heavy atom. The Morgan fingerprint density at radius 3 is 1.30 bits per heavy atom. The maximum absolute atomic E-state index is 2.82. The van der Waals surface area contributed by atoms with Crippen LogP contribution in [-0.2, 0) is 18.5 Å². The van der Waals surface area contributed by atoms with Gasteiger partial charge in [-0.2, -0.15) is 0 Å². The normalized spacial score (nSPS) is 9.23. The number of rotatable bonds is 5. The fourth-order valence-corrected chi connectivity index (χ4v) is 3.62. The van der Waals surface area contributed by atoms with Crippen molar-refractivity contribution in [1.29, 1.82) is 0 Å². The largest absolute Gasteiger partial charge is 0.133 e. The first-order valence-corrected chi connectivity index (χ1v) is 13.6. The van der Waals surface area contributed by atoms with Gasteiger partial charge in [0.25, 0.3) is 0 Å². The van der Waals surface area contributed by atoms with Gasteiger partial charge in [0.15, 0.2) is 0 Å². The molecule has 3 aromatic carbocycles. The van der Waals surface area contributed by atoms with Crippen LogP contribution in [-0.4, -0.2) is 0 Å². The van der Waals surface area contributed by atoms with Crippen LogP contribution in [0.1, 0.15) is 58.2 Å². The fraction of sp³-hybridized carbons (Fsp3) is 0.333. The van der Waals surface area contributed by atoms with E-state index in [0.29, 0.717) is 0 Å². The monoisotopic (exact) mass is 458 g/mol. The summed E-state index contributed by atoms with van der Waals surface area (Å²) in [7, 11) is 8.43. The Hall–Kier alpha value is -1.05. The van der Waals surface area contributed by atoms with Gasteiger partial charge in [-0.1, -0.05) is 102 Å². The third kappa shape index (κ3) is 8.98. The van der Waals surface area contributed by atoms with E-state index in [1.165, 1.54) is 38.9 Å². The molecule has 0 radical (unpaired) electrons. The van der Waals surface area contributed by atoms with Crippen LogP contribution in [0, 0.1) is 0 Å². The molecule has 3 unspecified atom stereocenters. The molecule has 164 valence electrons. The standard InChI is InChI=1S/C21H23P3.3C2H6/c22-12-15-4-6-18(7-5-15)19-2-1-3-20(11-19)21-9-16(13-23)8-17(10-21)14-24;3*1-2/h1-11H,12-14,22-24H2;3*1-2H3. The fourth-order valence-electron chi connectivity index (χ4n) is 2.88.